The van der Waals surface area contributed by atoms with Crippen molar-refractivity contribution < 1.29 is 0 Å². The van der Waals surface area contributed by atoms with Gasteiger partial charge in [0.2, 0.25) is 0 Å². The molecule has 0 aromatic rings. The predicted octanol–water partition coefficient (Wildman–Crippen LogP) is 2.93. The zero-order chi connectivity index (χ0) is 7.78. The molecule has 1 unspecified atom stereocenters. The van der Waals surface area contributed by atoms with Crippen molar-refractivity contribution in [1.82, 2.24) is 0 Å². The second-order valence-electron chi connectivity index (χ2n) is 4.64. The smallest absolute Gasteiger partial charge is 0.0352 e. The van der Waals surface area contributed by atoms with E-state index in [0.717, 1.165) is 11.8 Å². The lowest BCUT2D eigenvalue weighted by Crippen LogP contribution is -2.34. The van der Waals surface area contributed by atoms with Crippen molar-refractivity contribution in [2.24, 2.45) is 17.3 Å². The van der Waals surface area contributed by atoms with Crippen molar-refractivity contribution in [1.29, 1.82) is 0 Å². The molecule has 0 amide bonds. The summed E-state index contributed by atoms with van der Waals surface area (Å²) in [6, 6.07) is 0. The Hall–Kier alpha value is 0.430. The minimum Gasteiger partial charge on any atom is -0.137 e. The number of hydrogen-bond donors (Lipinski definition) is 0. The molecule has 0 aromatic carbocycles. The van der Waals surface area contributed by atoms with Crippen LogP contribution in [0.15, 0.2) is 0 Å². The number of hydrogen-bond acceptors (Lipinski definition) is 0. The predicted molar refractivity (Wildman–Crippen MR) is 50.2 cm³/mol. The van der Waals surface area contributed by atoms with Crippen molar-refractivity contribution in [3.63, 3.8) is 0 Å². The van der Waals surface area contributed by atoms with Crippen LogP contribution in [-0.2, 0) is 0 Å². The quantitative estimate of drug-likeness (QED) is 0.515. The molecule has 60 valence electrons. The van der Waals surface area contributed by atoms with Crippen molar-refractivity contribution >= 4 is 9.24 Å². The third-order valence-electron chi connectivity index (χ3n) is 2.79. The van der Waals surface area contributed by atoms with E-state index in [9.17, 15) is 0 Å². The second-order valence-corrected chi connectivity index (χ2v) is 5.11. The lowest BCUT2D eigenvalue weighted by atomic mass is 9.64. The van der Waals surface area contributed by atoms with Gasteiger partial charge in [0.15, 0.2) is 0 Å². The summed E-state index contributed by atoms with van der Waals surface area (Å²) in [5.74, 6) is 2.02. The van der Waals surface area contributed by atoms with Gasteiger partial charge < -0.3 is 0 Å². The van der Waals surface area contributed by atoms with Gasteiger partial charge in [-0.05, 0) is 36.3 Å². The summed E-state index contributed by atoms with van der Waals surface area (Å²) in [7, 11) is 2.85. The van der Waals surface area contributed by atoms with E-state index in [0.29, 0.717) is 5.41 Å². The Balaban J connectivity index is 2.26. The van der Waals surface area contributed by atoms with Gasteiger partial charge in [0.25, 0.3) is 0 Å². The molecule has 1 fully saturated rings. The second kappa shape index (κ2) is 2.81. The van der Waals surface area contributed by atoms with Crippen molar-refractivity contribution in [3.8, 4) is 0 Å². The molecule has 0 aliphatic heterocycles. The maximum atomic E-state index is 2.85. The maximum absolute atomic E-state index is 2.85. The highest BCUT2D eigenvalue weighted by molar-refractivity contribution is 7.16. The Bertz CT molecular complexity index is 106. The van der Waals surface area contributed by atoms with E-state index in [4.69, 9.17) is 0 Å². The Morgan fingerprint density at radius 1 is 1.30 bits per heavy atom. The van der Waals surface area contributed by atoms with Gasteiger partial charge in [-0.3, -0.25) is 0 Å². The first kappa shape index (κ1) is 8.53. The van der Waals surface area contributed by atoms with Gasteiger partial charge in [0.05, 0.1) is 0 Å². The van der Waals surface area contributed by atoms with Gasteiger partial charge in [-0.25, -0.2) is 0 Å². The highest BCUT2D eigenvalue weighted by Gasteiger charge is 2.35. The van der Waals surface area contributed by atoms with Gasteiger partial charge >= 0.3 is 0 Å². The normalized spacial score (nSPS) is 33.6. The first-order valence-corrected chi connectivity index (χ1v) is 5.05. The highest BCUT2D eigenvalue weighted by Crippen LogP contribution is 2.45. The van der Waals surface area contributed by atoms with Gasteiger partial charge in [-0.1, -0.05) is 20.8 Å². The van der Waals surface area contributed by atoms with E-state index < -0.39 is 0 Å². The Morgan fingerprint density at radius 2 is 1.80 bits per heavy atom. The van der Waals surface area contributed by atoms with Crippen LogP contribution in [0.2, 0.25) is 0 Å². The molecule has 10 heavy (non-hydrogen) atoms. The van der Waals surface area contributed by atoms with E-state index in [1.54, 1.807) is 0 Å². The zero-order valence-electron chi connectivity index (χ0n) is 7.35. The largest absolute Gasteiger partial charge is 0.137 e. The minimum absolute atomic E-state index is 0.566. The molecule has 1 aliphatic carbocycles. The number of rotatable bonds is 1. The lowest BCUT2D eigenvalue weighted by Gasteiger charge is -2.43. The molecule has 1 atom stereocenters. The molecule has 0 heterocycles. The van der Waals surface area contributed by atoms with E-state index in [2.05, 4.69) is 30.0 Å². The van der Waals surface area contributed by atoms with Gasteiger partial charge in [0, 0.05) is 0 Å². The maximum Gasteiger partial charge on any atom is -0.0352 e. The first-order chi connectivity index (χ1) is 4.54. The topological polar surface area (TPSA) is 0 Å². The molecule has 0 aromatic heterocycles. The third kappa shape index (κ3) is 1.72. The van der Waals surface area contributed by atoms with Crippen molar-refractivity contribution in [2.45, 2.75) is 33.6 Å². The third-order valence-corrected chi connectivity index (χ3v) is 3.46. The summed E-state index contributed by atoms with van der Waals surface area (Å²) in [5, 5.41) is 0. The monoisotopic (exact) mass is 158 g/mol. The fourth-order valence-corrected chi connectivity index (χ4v) is 2.02. The summed E-state index contributed by atoms with van der Waals surface area (Å²) >= 11 is 0. The Labute approximate surface area is 67.0 Å². The fourth-order valence-electron chi connectivity index (χ4n) is 1.64. The van der Waals surface area contributed by atoms with Crippen molar-refractivity contribution in [2.75, 3.05) is 6.16 Å². The van der Waals surface area contributed by atoms with E-state index in [1.807, 2.05) is 0 Å². The standard InChI is InChI=1S/C9H19P/c1-9(2,3)8-4-7(5-8)6-10/h7-8H,4-6,10H2,1-3H3. The summed E-state index contributed by atoms with van der Waals surface area (Å²) < 4.78 is 0. The SMILES string of the molecule is CC(C)(C)C1CC(CP)C1. The van der Waals surface area contributed by atoms with Crippen LogP contribution in [0.1, 0.15) is 33.6 Å². The molecule has 0 radical (unpaired) electrons. The molecule has 0 spiro atoms. The van der Waals surface area contributed by atoms with Crippen LogP contribution in [0.5, 0.6) is 0 Å². The van der Waals surface area contributed by atoms with Gasteiger partial charge in [0.1, 0.15) is 0 Å². The molecular formula is C9H19P. The molecule has 1 rings (SSSR count). The Kier molecular flexibility index (Phi) is 2.40. The molecule has 1 saturated carbocycles. The minimum atomic E-state index is 0.566. The van der Waals surface area contributed by atoms with Gasteiger partial charge in [-0.15, -0.1) is 9.24 Å². The molecule has 0 nitrogen and oxygen atoms in total. The summed E-state index contributed by atoms with van der Waals surface area (Å²) in [5.41, 5.74) is 0.566. The van der Waals surface area contributed by atoms with Crippen LogP contribution in [0.25, 0.3) is 0 Å². The van der Waals surface area contributed by atoms with E-state index >= 15 is 0 Å². The first-order valence-electron chi connectivity index (χ1n) is 4.24. The molecule has 1 heteroatoms. The van der Waals surface area contributed by atoms with Crippen LogP contribution < -0.4 is 0 Å². The fraction of sp³-hybridized carbons (Fsp3) is 1.00. The van der Waals surface area contributed by atoms with Gasteiger partial charge in [-0.2, -0.15) is 0 Å². The molecular weight excluding hydrogens is 139 g/mol. The lowest BCUT2D eigenvalue weighted by molar-refractivity contribution is 0.0888. The van der Waals surface area contributed by atoms with E-state index in [1.165, 1.54) is 19.0 Å². The van der Waals surface area contributed by atoms with Crippen LogP contribution in [-0.4, -0.2) is 6.16 Å². The average Bonchev–Trinajstić information content (AvgIpc) is 1.57. The molecule has 0 bridgehead atoms. The highest BCUT2D eigenvalue weighted by atomic mass is 31.0. The molecule has 0 saturated heterocycles. The van der Waals surface area contributed by atoms with Crippen LogP contribution in [0.4, 0.5) is 0 Å². The van der Waals surface area contributed by atoms with Crippen LogP contribution in [0, 0.1) is 17.3 Å². The Morgan fingerprint density at radius 3 is 2.10 bits per heavy atom. The van der Waals surface area contributed by atoms with Crippen LogP contribution in [0.3, 0.4) is 0 Å². The summed E-state index contributed by atoms with van der Waals surface area (Å²) in [6.45, 7) is 7.07. The summed E-state index contributed by atoms with van der Waals surface area (Å²) in [6.07, 6.45) is 4.24. The zero-order valence-corrected chi connectivity index (χ0v) is 8.51. The van der Waals surface area contributed by atoms with Crippen molar-refractivity contribution in [3.05, 3.63) is 0 Å². The summed E-state index contributed by atoms with van der Waals surface area (Å²) in [4.78, 5) is 0. The van der Waals surface area contributed by atoms with Crippen LogP contribution >= 0.6 is 9.24 Å². The average molecular weight is 158 g/mol. The van der Waals surface area contributed by atoms with E-state index in [-0.39, 0.29) is 0 Å². The molecule has 0 N–H and O–H groups in total. The molecule has 1 aliphatic rings.